The van der Waals surface area contributed by atoms with Crippen LogP contribution in [0.4, 0.5) is 14.9 Å². The Kier molecular flexibility index (Phi) is 4.15. The molecule has 1 aromatic carbocycles. The number of hydrogen-bond donors (Lipinski definition) is 0. The normalized spacial score (nSPS) is 16.4. The second-order valence-corrected chi connectivity index (χ2v) is 6.87. The van der Waals surface area contributed by atoms with Crippen molar-refractivity contribution in [1.29, 1.82) is 0 Å². The summed E-state index contributed by atoms with van der Waals surface area (Å²) in [7, 11) is 0. The van der Waals surface area contributed by atoms with Crippen LogP contribution in [0.1, 0.15) is 0 Å². The Hall–Kier alpha value is -0.690. The molecule has 102 valence electrons. The van der Waals surface area contributed by atoms with Gasteiger partial charge in [0.1, 0.15) is 6.54 Å². The molecular weight excluding hydrogens is 338 g/mol. The molecule has 1 saturated heterocycles. The van der Waals surface area contributed by atoms with Crippen LogP contribution in [0.25, 0.3) is 0 Å². The van der Waals surface area contributed by atoms with Crippen molar-refractivity contribution in [2.45, 2.75) is 3.92 Å². The fourth-order valence-corrected chi connectivity index (χ4v) is 2.81. The van der Waals surface area contributed by atoms with E-state index in [4.69, 9.17) is 34.8 Å². The first kappa shape index (κ1) is 14.7. The number of alkyl halides is 3. The molecule has 0 saturated carbocycles. The number of amides is 3. The van der Waals surface area contributed by atoms with Crippen molar-refractivity contribution in [3.63, 3.8) is 0 Å². The van der Waals surface area contributed by atoms with Crippen LogP contribution in [0.3, 0.4) is 0 Å². The van der Waals surface area contributed by atoms with Crippen LogP contribution in [0.5, 0.6) is 0 Å². The average molecular weight is 344 g/mol. The zero-order chi connectivity index (χ0) is 14.2. The number of rotatable bonds is 3. The number of nitrogens with zero attached hydrogens (tertiary/aromatic N) is 2. The number of benzene rings is 1. The molecule has 1 fully saturated rings. The van der Waals surface area contributed by atoms with Crippen LogP contribution in [0.2, 0.25) is 5.02 Å². The molecule has 2 rings (SSSR count). The van der Waals surface area contributed by atoms with Crippen LogP contribution in [0, 0.1) is 0 Å². The number of hydrogen-bond acceptors (Lipinski definition) is 3. The first-order valence-corrected chi connectivity index (χ1v) is 6.84. The van der Waals surface area contributed by atoms with Gasteiger partial charge in [-0.05, 0) is 18.2 Å². The molecule has 0 N–H and O–H groups in total. The minimum atomic E-state index is -2.68. The van der Waals surface area contributed by atoms with Crippen LogP contribution >= 0.6 is 46.8 Å². The van der Waals surface area contributed by atoms with Crippen LogP contribution in [-0.2, 0) is 4.79 Å². The molecule has 19 heavy (non-hydrogen) atoms. The van der Waals surface area contributed by atoms with E-state index in [1.54, 1.807) is 18.2 Å². The summed E-state index contributed by atoms with van der Waals surface area (Å²) in [4.78, 5) is 24.7. The van der Waals surface area contributed by atoms with Crippen LogP contribution in [0.15, 0.2) is 24.3 Å². The van der Waals surface area contributed by atoms with Crippen molar-refractivity contribution in [3.8, 4) is 0 Å². The van der Waals surface area contributed by atoms with Gasteiger partial charge in [-0.25, -0.2) is 9.69 Å². The maximum absolute atomic E-state index is 13.1. The van der Waals surface area contributed by atoms with E-state index in [-0.39, 0.29) is 18.5 Å². The highest BCUT2D eigenvalue weighted by atomic mass is 35.5. The minimum Gasteiger partial charge on any atom is -0.272 e. The van der Waals surface area contributed by atoms with Crippen LogP contribution < -0.4 is 4.90 Å². The van der Waals surface area contributed by atoms with Gasteiger partial charge in [0.2, 0.25) is 0 Å². The van der Waals surface area contributed by atoms with Gasteiger partial charge in [-0.2, -0.15) is 4.39 Å². The molecule has 0 atom stereocenters. The van der Waals surface area contributed by atoms with E-state index in [0.29, 0.717) is 10.7 Å². The maximum atomic E-state index is 13.1. The van der Waals surface area contributed by atoms with E-state index in [2.05, 4.69) is 0 Å². The van der Waals surface area contributed by atoms with Gasteiger partial charge in [0, 0.05) is 17.0 Å². The molecule has 1 aromatic rings. The lowest BCUT2D eigenvalue weighted by atomic mass is 10.3. The molecule has 9 heteroatoms. The van der Waals surface area contributed by atoms with E-state index in [0.717, 1.165) is 9.21 Å². The van der Waals surface area contributed by atoms with Gasteiger partial charge >= 0.3 is 9.95 Å². The number of carbonyl (C=O) groups is 2. The highest BCUT2D eigenvalue weighted by Crippen LogP contribution is 2.40. The number of carbonyl (C=O) groups excluding carboxylic acids is 2. The summed E-state index contributed by atoms with van der Waals surface area (Å²) in [6.07, 6.45) is 0. The number of imide groups is 1. The van der Waals surface area contributed by atoms with E-state index in [1.807, 2.05) is 0 Å². The molecule has 0 unspecified atom stereocenters. The van der Waals surface area contributed by atoms with Gasteiger partial charge in [0.05, 0.1) is 5.69 Å². The third kappa shape index (κ3) is 3.45. The van der Waals surface area contributed by atoms with Crippen molar-refractivity contribution >= 4 is 64.4 Å². The van der Waals surface area contributed by atoms with E-state index in [1.165, 1.54) is 6.07 Å². The maximum Gasteiger partial charge on any atom is 0.342 e. The standard InChI is InChI=1S/C10H6Cl3FN2O2S/c11-6-2-1-3-7(4-6)16-8(17)5-15(9(16)18)19-10(12,13)14/h1-4H,5H2. The van der Waals surface area contributed by atoms with Crippen molar-refractivity contribution in [2.24, 2.45) is 0 Å². The lowest BCUT2D eigenvalue weighted by Crippen LogP contribution is -2.31. The van der Waals surface area contributed by atoms with Crippen molar-refractivity contribution in [2.75, 3.05) is 11.4 Å². The molecule has 0 aromatic heterocycles. The second-order valence-electron chi connectivity index (χ2n) is 3.57. The largest absolute Gasteiger partial charge is 0.342 e. The first-order valence-electron chi connectivity index (χ1n) is 4.94. The molecule has 3 amide bonds. The van der Waals surface area contributed by atoms with Crippen LogP contribution in [-0.4, -0.2) is 26.7 Å². The van der Waals surface area contributed by atoms with Gasteiger partial charge in [0.15, 0.2) is 0 Å². The summed E-state index contributed by atoms with van der Waals surface area (Å²) in [6.45, 7) is -0.318. The summed E-state index contributed by atoms with van der Waals surface area (Å²) in [5.74, 6) is -0.516. The van der Waals surface area contributed by atoms with E-state index in [9.17, 15) is 14.0 Å². The zero-order valence-corrected chi connectivity index (χ0v) is 12.2. The summed E-state index contributed by atoms with van der Waals surface area (Å²) in [6, 6.07) is 5.47. The Balaban J connectivity index is 2.24. The molecule has 1 heterocycles. The highest BCUT2D eigenvalue weighted by Gasteiger charge is 2.42. The van der Waals surface area contributed by atoms with Crippen molar-refractivity contribution in [3.05, 3.63) is 29.3 Å². The molecule has 1 aliphatic heterocycles. The Morgan fingerprint density at radius 2 is 2.00 bits per heavy atom. The molecule has 4 nitrogen and oxygen atoms in total. The summed E-state index contributed by atoms with van der Waals surface area (Å²) in [5.41, 5.74) is 0.305. The Labute approximate surface area is 127 Å². The van der Waals surface area contributed by atoms with Gasteiger partial charge in [-0.15, -0.1) is 0 Å². The second kappa shape index (κ2) is 5.36. The SMILES string of the molecule is O=C1CN(SC(F)(Cl)Cl)C(=O)N1c1cccc(Cl)c1. The molecular formula is C10H6Cl3FN2O2S. The molecule has 1 aliphatic rings. The minimum absolute atomic E-state index is 0.231. The van der Waals surface area contributed by atoms with Gasteiger partial charge < -0.3 is 0 Å². The van der Waals surface area contributed by atoms with Crippen molar-refractivity contribution in [1.82, 2.24) is 4.31 Å². The Bertz CT molecular complexity index is 538. The third-order valence-corrected chi connectivity index (χ3v) is 3.57. The van der Waals surface area contributed by atoms with Gasteiger partial charge in [-0.3, -0.25) is 9.10 Å². The molecule has 0 spiro atoms. The lowest BCUT2D eigenvalue weighted by molar-refractivity contribution is -0.116. The summed E-state index contributed by atoms with van der Waals surface area (Å²) in [5, 5.41) is 0.374. The Morgan fingerprint density at radius 1 is 1.32 bits per heavy atom. The Morgan fingerprint density at radius 3 is 2.58 bits per heavy atom. The monoisotopic (exact) mass is 342 g/mol. The molecule has 0 aliphatic carbocycles. The van der Waals surface area contributed by atoms with Gasteiger partial charge in [-0.1, -0.05) is 40.9 Å². The highest BCUT2D eigenvalue weighted by molar-refractivity contribution is 8.01. The number of halogens is 4. The van der Waals surface area contributed by atoms with Crippen molar-refractivity contribution < 1.29 is 14.0 Å². The number of urea groups is 1. The fraction of sp³-hybridized carbons (Fsp3) is 0.200. The van der Waals surface area contributed by atoms with E-state index < -0.39 is 15.9 Å². The smallest absolute Gasteiger partial charge is 0.272 e. The average Bonchev–Trinajstić information content (AvgIpc) is 2.51. The molecule has 0 radical (unpaired) electrons. The van der Waals surface area contributed by atoms with E-state index >= 15 is 0 Å². The lowest BCUT2D eigenvalue weighted by Gasteiger charge is -2.18. The van der Waals surface area contributed by atoms with Gasteiger partial charge in [0.25, 0.3) is 5.91 Å². The zero-order valence-electron chi connectivity index (χ0n) is 9.15. The molecule has 0 bridgehead atoms. The fourth-order valence-electron chi connectivity index (χ4n) is 1.55. The topological polar surface area (TPSA) is 40.6 Å². The quantitative estimate of drug-likeness (QED) is 0.476. The summed E-state index contributed by atoms with van der Waals surface area (Å²) < 4.78 is 11.3. The third-order valence-electron chi connectivity index (χ3n) is 2.21. The predicted molar refractivity (Wildman–Crippen MR) is 74.2 cm³/mol. The number of anilines is 1. The first-order chi connectivity index (χ1) is 8.78. The predicted octanol–water partition coefficient (Wildman–Crippen LogP) is 3.82. The summed E-state index contributed by atoms with van der Waals surface area (Å²) >= 11 is 16.3.